The van der Waals surface area contributed by atoms with E-state index in [-0.39, 0.29) is 5.41 Å². The summed E-state index contributed by atoms with van der Waals surface area (Å²) in [6, 6.07) is 0. The highest BCUT2D eigenvalue weighted by molar-refractivity contribution is 9.10. The van der Waals surface area contributed by atoms with Crippen molar-refractivity contribution in [3.05, 3.63) is 20.7 Å². The van der Waals surface area contributed by atoms with Gasteiger partial charge < -0.3 is 10.2 Å². The lowest BCUT2D eigenvalue weighted by atomic mass is 9.90. The van der Waals surface area contributed by atoms with E-state index in [4.69, 9.17) is 0 Å². The molecule has 2 heterocycles. The summed E-state index contributed by atoms with van der Waals surface area (Å²) in [6.45, 7) is 8.26. The van der Waals surface area contributed by atoms with E-state index in [2.05, 4.69) is 40.0 Å². The van der Waals surface area contributed by atoms with Gasteiger partial charge in [0.05, 0.1) is 4.75 Å². The first kappa shape index (κ1) is 18.9. The van der Waals surface area contributed by atoms with Crippen LogP contribution in [0.2, 0.25) is 0 Å². The molecule has 5 nitrogen and oxygen atoms in total. The number of halogens is 1. The van der Waals surface area contributed by atoms with Crippen molar-refractivity contribution >= 4 is 39.0 Å². The lowest BCUT2D eigenvalue weighted by Crippen LogP contribution is -2.32. The second kappa shape index (κ2) is 6.30. The molecule has 8 heteroatoms. The fourth-order valence-electron chi connectivity index (χ4n) is 3.53. The van der Waals surface area contributed by atoms with Crippen LogP contribution in [0, 0.1) is 5.41 Å². The number of aliphatic hydroxyl groups excluding tert-OH is 1. The Morgan fingerprint density at radius 2 is 1.88 bits per heavy atom. The van der Waals surface area contributed by atoms with Crippen LogP contribution in [0.25, 0.3) is 5.00 Å². The zero-order chi connectivity index (χ0) is 18.9. The number of hydrogen-bond donors (Lipinski definition) is 2. The van der Waals surface area contributed by atoms with Gasteiger partial charge in [0.15, 0.2) is 11.4 Å². The van der Waals surface area contributed by atoms with Gasteiger partial charge in [0.25, 0.3) is 0 Å². The van der Waals surface area contributed by atoms with Crippen molar-refractivity contribution in [2.45, 2.75) is 75.5 Å². The van der Waals surface area contributed by atoms with E-state index in [0.717, 1.165) is 18.8 Å². The number of rotatable bonds is 5. The Kier molecular flexibility index (Phi) is 4.59. The maximum absolute atomic E-state index is 9.69. The van der Waals surface area contributed by atoms with Gasteiger partial charge in [-0.15, -0.1) is 21.5 Å². The van der Waals surface area contributed by atoms with Crippen LogP contribution in [-0.2, 0) is 12.8 Å². The first-order valence-corrected chi connectivity index (χ1v) is 11.3. The third-order valence-corrected chi connectivity index (χ3v) is 8.28. The molecule has 0 aromatic carbocycles. The number of fused-ring (bicyclic) bond motifs is 1. The van der Waals surface area contributed by atoms with Crippen LogP contribution in [0.4, 0.5) is 0 Å². The van der Waals surface area contributed by atoms with Gasteiger partial charge in [-0.25, -0.2) is 0 Å². The molecule has 2 N–H and O–H groups in total. The Morgan fingerprint density at radius 1 is 1.23 bits per heavy atom. The Morgan fingerprint density at radius 3 is 2.50 bits per heavy atom. The maximum Gasteiger partial charge on any atom is 0.206 e. The summed E-state index contributed by atoms with van der Waals surface area (Å²) >= 11 is 6.76. The van der Waals surface area contributed by atoms with E-state index < -0.39 is 11.0 Å². The number of aliphatic hydroxyl groups is 2. The summed E-state index contributed by atoms with van der Waals surface area (Å²) in [5.41, 5.74) is 3.24. The summed E-state index contributed by atoms with van der Waals surface area (Å²) < 4.78 is 1.94. The molecule has 4 rings (SSSR count). The normalized spacial score (nSPS) is 19.4. The molecular weight excluding hydrogens is 434 g/mol. The van der Waals surface area contributed by atoms with Crippen LogP contribution in [0.3, 0.4) is 0 Å². The molecule has 2 aliphatic rings. The fourth-order valence-corrected chi connectivity index (χ4v) is 6.69. The maximum atomic E-state index is 9.69. The van der Waals surface area contributed by atoms with Crippen LogP contribution >= 0.6 is 39.0 Å². The summed E-state index contributed by atoms with van der Waals surface area (Å²) in [4.78, 5) is 1.54. The number of nitrogens with zero attached hydrogens (tertiary/aromatic N) is 3. The molecule has 0 atom stereocenters. The van der Waals surface area contributed by atoms with Gasteiger partial charge in [0.2, 0.25) is 4.73 Å². The standard InChI is InChI=1S/C18H24BrN3O2S2/c1-17(2)7-10-11(8-17)13(25-12(10)9-5-6-9)22-15(19)20-21-16(22)26-18(3,4)14(23)24/h9,14,23-24H,5-8H2,1-4H3. The minimum Gasteiger partial charge on any atom is -0.367 e. The molecule has 0 spiro atoms. The van der Waals surface area contributed by atoms with E-state index in [1.807, 2.05) is 15.9 Å². The van der Waals surface area contributed by atoms with E-state index >= 15 is 0 Å². The second-order valence-electron chi connectivity index (χ2n) is 8.69. The predicted molar refractivity (Wildman–Crippen MR) is 108 cm³/mol. The average Bonchev–Trinajstić information content (AvgIpc) is 3.14. The molecule has 0 saturated heterocycles. The van der Waals surface area contributed by atoms with Crippen molar-refractivity contribution in [2.75, 3.05) is 0 Å². The first-order valence-electron chi connectivity index (χ1n) is 8.90. The lowest BCUT2D eigenvalue weighted by molar-refractivity contribution is -0.0606. The topological polar surface area (TPSA) is 71.2 Å². The minimum atomic E-state index is -1.44. The Balaban J connectivity index is 1.80. The molecule has 1 fully saturated rings. The van der Waals surface area contributed by atoms with Crippen molar-refractivity contribution < 1.29 is 10.2 Å². The van der Waals surface area contributed by atoms with Gasteiger partial charge in [-0.3, -0.25) is 4.57 Å². The molecule has 0 aliphatic heterocycles. The van der Waals surface area contributed by atoms with Crippen LogP contribution in [0.5, 0.6) is 0 Å². The molecule has 2 aromatic heterocycles. The summed E-state index contributed by atoms with van der Waals surface area (Å²) in [5.74, 6) is 0.721. The Hall–Kier alpha value is -0.410. The van der Waals surface area contributed by atoms with Gasteiger partial charge in [-0.05, 0) is 77.9 Å². The lowest BCUT2D eigenvalue weighted by Gasteiger charge is -2.25. The van der Waals surface area contributed by atoms with Gasteiger partial charge in [0, 0.05) is 4.88 Å². The first-order chi connectivity index (χ1) is 12.1. The van der Waals surface area contributed by atoms with Crippen molar-refractivity contribution in [3.8, 4) is 5.00 Å². The van der Waals surface area contributed by atoms with Crippen molar-refractivity contribution in [1.29, 1.82) is 0 Å². The molecule has 2 aromatic rings. The number of thiophene rings is 1. The highest BCUT2D eigenvalue weighted by atomic mass is 79.9. The molecular formula is C18H24BrN3O2S2. The molecule has 2 aliphatic carbocycles. The van der Waals surface area contributed by atoms with E-state index in [0.29, 0.717) is 9.89 Å². The van der Waals surface area contributed by atoms with Crippen molar-refractivity contribution in [3.63, 3.8) is 0 Å². The molecule has 1 saturated carbocycles. The van der Waals surface area contributed by atoms with Crippen LogP contribution in [0.1, 0.15) is 62.5 Å². The van der Waals surface area contributed by atoms with Crippen LogP contribution in [-0.4, -0.2) is 36.0 Å². The van der Waals surface area contributed by atoms with Crippen LogP contribution < -0.4 is 0 Å². The highest BCUT2D eigenvalue weighted by Crippen LogP contribution is 2.54. The largest absolute Gasteiger partial charge is 0.367 e. The number of hydrogen-bond acceptors (Lipinski definition) is 6. The van der Waals surface area contributed by atoms with Gasteiger partial charge >= 0.3 is 0 Å². The third-order valence-electron chi connectivity index (χ3n) is 5.16. The smallest absolute Gasteiger partial charge is 0.206 e. The number of thioether (sulfide) groups is 1. The molecule has 26 heavy (non-hydrogen) atoms. The van der Waals surface area contributed by atoms with E-state index in [1.54, 1.807) is 18.7 Å². The van der Waals surface area contributed by atoms with Crippen LogP contribution in [0.15, 0.2) is 9.89 Å². The van der Waals surface area contributed by atoms with Crippen molar-refractivity contribution in [2.24, 2.45) is 5.41 Å². The average molecular weight is 458 g/mol. The van der Waals surface area contributed by atoms with Gasteiger partial charge in [-0.2, -0.15) is 0 Å². The highest BCUT2D eigenvalue weighted by Gasteiger charge is 2.40. The minimum absolute atomic E-state index is 0.283. The van der Waals surface area contributed by atoms with Crippen molar-refractivity contribution in [1.82, 2.24) is 14.8 Å². The fraction of sp³-hybridized carbons (Fsp3) is 0.667. The van der Waals surface area contributed by atoms with Gasteiger partial charge in [0.1, 0.15) is 5.00 Å². The summed E-state index contributed by atoms with van der Waals surface area (Å²) in [5, 5.41) is 29.8. The Bertz CT molecular complexity index is 853. The predicted octanol–water partition coefficient (Wildman–Crippen LogP) is 4.27. The quantitative estimate of drug-likeness (QED) is 0.517. The molecule has 0 bridgehead atoms. The van der Waals surface area contributed by atoms with Gasteiger partial charge in [-0.1, -0.05) is 25.6 Å². The summed E-state index contributed by atoms with van der Waals surface area (Å²) in [6.07, 6.45) is 3.34. The third kappa shape index (κ3) is 3.28. The van der Waals surface area contributed by atoms with E-state index in [1.165, 1.54) is 40.7 Å². The monoisotopic (exact) mass is 457 g/mol. The van der Waals surface area contributed by atoms with E-state index in [9.17, 15) is 10.2 Å². The molecule has 0 amide bonds. The zero-order valence-corrected chi connectivity index (χ0v) is 18.6. The summed E-state index contributed by atoms with van der Waals surface area (Å²) in [7, 11) is 0. The zero-order valence-electron chi connectivity index (χ0n) is 15.4. The second-order valence-corrected chi connectivity index (χ2v) is 12.0. The Labute approximate surface area is 170 Å². The molecule has 0 radical (unpaired) electrons. The SMILES string of the molecule is CC1(C)Cc2c(C3CC3)sc(-n3c(Br)nnc3SC(C)(C)C(O)O)c2C1. The molecule has 142 valence electrons. The number of aromatic nitrogens is 3. The molecule has 0 unspecified atom stereocenters.